The highest BCUT2D eigenvalue weighted by Gasteiger charge is 2.20. The number of nitrogens with two attached hydrogens (primary N) is 1. The highest BCUT2D eigenvalue weighted by atomic mass is 16.4. The number of primary amides is 1. The highest BCUT2D eigenvalue weighted by Crippen LogP contribution is 2.08. The van der Waals surface area contributed by atoms with Gasteiger partial charge in [-0.05, 0) is 45.4 Å². The molecule has 0 radical (unpaired) electrons. The first-order chi connectivity index (χ1) is 14.3. The van der Waals surface area contributed by atoms with Crippen molar-refractivity contribution < 1.29 is 24.6 Å². The Bertz CT molecular complexity index is 582. The van der Waals surface area contributed by atoms with E-state index in [0.717, 1.165) is 51.4 Å². The van der Waals surface area contributed by atoms with Crippen molar-refractivity contribution in [1.82, 2.24) is 5.32 Å². The number of hydrogen-bond donors (Lipinski definition) is 4. The summed E-state index contributed by atoms with van der Waals surface area (Å²) >= 11 is 0. The average Bonchev–Trinajstić information content (AvgIpc) is 2.67. The van der Waals surface area contributed by atoms with Gasteiger partial charge in [0.25, 0.3) is 0 Å². The lowest BCUT2D eigenvalue weighted by Gasteiger charge is -2.13. The summed E-state index contributed by atoms with van der Waals surface area (Å²) in [4.78, 5) is 33.7. The minimum atomic E-state index is -1.15. The number of carboxylic acids is 1. The van der Waals surface area contributed by atoms with E-state index in [1.165, 1.54) is 0 Å². The van der Waals surface area contributed by atoms with Gasteiger partial charge in [-0.25, -0.2) is 4.79 Å². The van der Waals surface area contributed by atoms with Gasteiger partial charge >= 0.3 is 5.97 Å². The average molecular weight is 423 g/mol. The Kier molecular flexibility index (Phi) is 17.1. The predicted molar refractivity (Wildman–Crippen MR) is 119 cm³/mol. The van der Waals surface area contributed by atoms with Gasteiger partial charge in [0.1, 0.15) is 6.04 Å². The Morgan fingerprint density at radius 3 is 2.13 bits per heavy atom. The lowest BCUT2D eigenvalue weighted by molar-refractivity contribution is -0.142. The van der Waals surface area contributed by atoms with Crippen LogP contribution >= 0.6 is 0 Å². The molecule has 0 heterocycles. The number of carbonyl (C=O) groups excluding carboxylic acids is 2. The molecule has 0 spiro atoms. The zero-order chi connectivity index (χ0) is 22.6. The molecule has 2 atom stereocenters. The number of nitrogens with one attached hydrogen (secondary N) is 1. The van der Waals surface area contributed by atoms with Crippen molar-refractivity contribution in [3.63, 3.8) is 0 Å². The van der Waals surface area contributed by atoms with Gasteiger partial charge in [-0.15, -0.1) is 0 Å². The van der Waals surface area contributed by atoms with E-state index in [-0.39, 0.29) is 24.9 Å². The summed E-state index contributed by atoms with van der Waals surface area (Å²) in [6.07, 6.45) is 19.8. The van der Waals surface area contributed by atoms with Crippen molar-refractivity contribution >= 4 is 17.8 Å². The van der Waals surface area contributed by atoms with Gasteiger partial charge in [-0.2, -0.15) is 0 Å². The van der Waals surface area contributed by atoms with E-state index in [1.807, 2.05) is 6.08 Å². The second-order valence-corrected chi connectivity index (χ2v) is 7.35. The van der Waals surface area contributed by atoms with Gasteiger partial charge in [0.15, 0.2) is 0 Å². The maximum atomic E-state index is 11.8. The second-order valence-electron chi connectivity index (χ2n) is 7.35. The first kappa shape index (κ1) is 27.6. The number of unbranched alkanes of at least 4 members (excludes halogenated alkanes) is 5. The standard InChI is InChI=1S/C23H38N2O5/c1-19(26)15-13-11-9-7-5-3-2-4-6-8-10-12-14-16-22(28)25-20(23(29)30)17-18-21(24)27/h2-3,7,9,13,15,19-20,26H,4-6,8,10-12,14,16-18H2,1H3,(H2,24,27)(H,25,28)(H,29,30)/b3-2+,9-7+,15-13+/t19?,20-/m0/s1. The molecule has 0 aromatic rings. The van der Waals surface area contributed by atoms with Crippen molar-refractivity contribution in [2.75, 3.05) is 0 Å². The lowest BCUT2D eigenvalue weighted by Crippen LogP contribution is -2.41. The third-order valence-corrected chi connectivity index (χ3v) is 4.38. The van der Waals surface area contributed by atoms with E-state index >= 15 is 0 Å². The molecule has 30 heavy (non-hydrogen) atoms. The van der Waals surface area contributed by atoms with E-state index in [4.69, 9.17) is 15.9 Å². The van der Waals surface area contributed by atoms with Crippen molar-refractivity contribution in [3.05, 3.63) is 36.5 Å². The fourth-order valence-corrected chi connectivity index (χ4v) is 2.73. The van der Waals surface area contributed by atoms with Crippen molar-refractivity contribution in [2.45, 2.75) is 89.7 Å². The molecule has 0 aromatic carbocycles. The Morgan fingerprint density at radius 2 is 1.50 bits per heavy atom. The Balaban J connectivity index is 3.66. The summed E-state index contributed by atoms with van der Waals surface area (Å²) in [6.45, 7) is 1.73. The molecule has 0 aromatic heterocycles. The van der Waals surface area contributed by atoms with Crippen LogP contribution in [-0.4, -0.2) is 40.1 Å². The molecule has 0 saturated carbocycles. The zero-order valence-electron chi connectivity index (χ0n) is 18.1. The predicted octanol–water partition coefficient (Wildman–Crippen LogP) is 3.38. The van der Waals surface area contributed by atoms with Crippen LogP contribution in [0, 0.1) is 0 Å². The van der Waals surface area contributed by atoms with Gasteiger partial charge in [-0.1, -0.05) is 55.7 Å². The van der Waals surface area contributed by atoms with Crippen LogP contribution in [0.3, 0.4) is 0 Å². The molecule has 0 aliphatic carbocycles. The van der Waals surface area contributed by atoms with Crippen LogP contribution in [0.25, 0.3) is 0 Å². The normalized spacial score (nSPS) is 13.8. The zero-order valence-corrected chi connectivity index (χ0v) is 18.1. The number of aliphatic carboxylic acids is 1. The summed E-state index contributed by atoms with van der Waals surface area (Å²) in [5.74, 6) is -2.03. The van der Waals surface area contributed by atoms with Crippen LogP contribution in [0.4, 0.5) is 0 Å². The molecule has 7 nitrogen and oxygen atoms in total. The minimum absolute atomic E-state index is 0.0136. The minimum Gasteiger partial charge on any atom is -0.480 e. The van der Waals surface area contributed by atoms with Crippen LogP contribution < -0.4 is 11.1 Å². The van der Waals surface area contributed by atoms with E-state index < -0.39 is 17.9 Å². The molecule has 0 aliphatic heterocycles. The van der Waals surface area contributed by atoms with E-state index in [0.29, 0.717) is 6.42 Å². The Labute approximate surface area is 180 Å². The third kappa shape index (κ3) is 18.9. The number of hydrogen-bond acceptors (Lipinski definition) is 4. The first-order valence-electron chi connectivity index (χ1n) is 10.8. The molecule has 5 N–H and O–H groups in total. The first-order valence-corrected chi connectivity index (χ1v) is 10.8. The summed E-state index contributed by atoms with van der Waals surface area (Å²) in [5.41, 5.74) is 5.01. The largest absolute Gasteiger partial charge is 0.480 e. The van der Waals surface area contributed by atoms with Crippen LogP contribution in [0.15, 0.2) is 36.5 Å². The number of amides is 2. The van der Waals surface area contributed by atoms with Crippen LogP contribution in [0.5, 0.6) is 0 Å². The number of aliphatic hydroxyl groups excluding tert-OH is 1. The maximum Gasteiger partial charge on any atom is 0.326 e. The van der Waals surface area contributed by atoms with Gasteiger partial charge in [0.2, 0.25) is 11.8 Å². The molecule has 0 bridgehead atoms. The Morgan fingerprint density at radius 1 is 0.900 bits per heavy atom. The molecule has 7 heteroatoms. The summed E-state index contributed by atoms with van der Waals surface area (Å²) < 4.78 is 0. The number of rotatable bonds is 18. The molecule has 0 rings (SSSR count). The fraction of sp³-hybridized carbons (Fsp3) is 0.609. The van der Waals surface area contributed by atoms with Gasteiger partial charge in [0.05, 0.1) is 6.10 Å². The topological polar surface area (TPSA) is 130 Å². The number of aliphatic hydroxyl groups is 1. The Hall–Kier alpha value is -2.41. The van der Waals surface area contributed by atoms with E-state index in [9.17, 15) is 14.4 Å². The third-order valence-electron chi connectivity index (χ3n) is 4.38. The number of allylic oxidation sites excluding steroid dienone is 5. The highest BCUT2D eigenvalue weighted by molar-refractivity contribution is 5.84. The SMILES string of the molecule is CC(O)/C=C/C/C=C/C/C=C/CCCCCCCC(=O)N[C@@H](CCC(N)=O)C(=O)O. The second kappa shape index (κ2) is 18.6. The fourth-order valence-electron chi connectivity index (χ4n) is 2.73. The molecule has 170 valence electrons. The van der Waals surface area contributed by atoms with Crippen LogP contribution in [0.1, 0.15) is 77.6 Å². The van der Waals surface area contributed by atoms with E-state index in [1.54, 1.807) is 13.0 Å². The van der Waals surface area contributed by atoms with E-state index in [2.05, 4.69) is 29.6 Å². The number of carboxylic acid groups (broad SMARTS) is 1. The molecule has 0 aliphatic rings. The lowest BCUT2D eigenvalue weighted by atomic mass is 10.1. The van der Waals surface area contributed by atoms with Gasteiger partial charge < -0.3 is 21.3 Å². The summed E-state index contributed by atoms with van der Waals surface area (Å²) in [6, 6.07) is -1.06. The molecular formula is C23H38N2O5. The van der Waals surface area contributed by atoms with Crippen molar-refractivity contribution in [2.24, 2.45) is 5.73 Å². The van der Waals surface area contributed by atoms with Gasteiger partial charge in [0, 0.05) is 12.8 Å². The molecule has 2 amide bonds. The summed E-state index contributed by atoms with van der Waals surface area (Å²) in [7, 11) is 0. The van der Waals surface area contributed by atoms with Crippen molar-refractivity contribution in [1.29, 1.82) is 0 Å². The van der Waals surface area contributed by atoms with Crippen molar-refractivity contribution in [3.8, 4) is 0 Å². The molecular weight excluding hydrogens is 384 g/mol. The molecule has 0 fully saturated rings. The molecule has 1 unspecified atom stereocenters. The summed E-state index contributed by atoms with van der Waals surface area (Å²) in [5, 5.41) is 20.6. The monoisotopic (exact) mass is 422 g/mol. The number of carbonyl (C=O) groups is 3. The van der Waals surface area contributed by atoms with Crippen LogP contribution in [0.2, 0.25) is 0 Å². The quantitative estimate of drug-likeness (QED) is 0.199. The smallest absolute Gasteiger partial charge is 0.326 e. The maximum absolute atomic E-state index is 11.8. The molecule has 0 saturated heterocycles. The van der Waals surface area contributed by atoms with Gasteiger partial charge in [-0.3, -0.25) is 9.59 Å². The van der Waals surface area contributed by atoms with Crippen LogP contribution in [-0.2, 0) is 14.4 Å².